The van der Waals surface area contributed by atoms with Crippen molar-refractivity contribution in [1.82, 2.24) is 10.6 Å². The molecule has 1 aromatic carbocycles. The fourth-order valence-corrected chi connectivity index (χ4v) is 2.54. The summed E-state index contributed by atoms with van der Waals surface area (Å²) in [7, 11) is 0. The van der Waals surface area contributed by atoms with Gasteiger partial charge in [-0.15, -0.1) is 11.8 Å². The zero-order valence-corrected chi connectivity index (χ0v) is 12.1. The number of aliphatic hydroxyl groups excluding tert-OH is 1. The van der Waals surface area contributed by atoms with E-state index in [9.17, 15) is 14.7 Å². The second kappa shape index (κ2) is 6.76. The Bertz CT molecular complexity index is 490. The Morgan fingerprint density at radius 3 is 2.75 bits per heavy atom. The van der Waals surface area contributed by atoms with Gasteiger partial charge in [-0.05, 0) is 30.4 Å². The van der Waals surface area contributed by atoms with Crippen molar-refractivity contribution in [1.29, 1.82) is 0 Å². The Morgan fingerprint density at radius 2 is 2.15 bits per heavy atom. The van der Waals surface area contributed by atoms with Gasteiger partial charge in [-0.2, -0.15) is 0 Å². The Labute approximate surface area is 122 Å². The summed E-state index contributed by atoms with van der Waals surface area (Å²) in [5, 5.41) is 15.0. The molecule has 1 heterocycles. The minimum atomic E-state index is -1.01. The molecule has 3 N–H and O–H groups in total. The summed E-state index contributed by atoms with van der Waals surface area (Å²) in [6.07, 6.45) is 1.51. The molecule has 2 unspecified atom stereocenters. The molecule has 0 radical (unpaired) electrons. The monoisotopic (exact) mass is 294 g/mol. The molecule has 108 valence electrons. The van der Waals surface area contributed by atoms with E-state index in [1.807, 2.05) is 30.5 Å². The first-order chi connectivity index (χ1) is 9.61. The van der Waals surface area contributed by atoms with E-state index in [2.05, 4.69) is 10.6 Å². The molecular weight excluding hydrogens is 276 g/mol. The fourth-order valence-electron chi connectivity index (χ4n) is 2.13. The topological polar surface area (TPSA) is 78.4 Å². The lowest BCUT2D eigenvalue weighted by molar-refractivity contribution is -0.142. The second-order valence-corrected chi connectivity index (χ2v) is 5.57. The van der Waals surface area contributed by atoms with Gasteiger partial charge in [0.15, 0.2) is 0 Å². The summed E-state index contributed by atoms with van der Waals surface area (Å²) < 4.78 is 0. The number of aliphatic hydroxyl groups is 1. The molecule has 2 atom stereocenters. The van der Waals surface area contributed by atoms with Crippen LogP contribution in [-0.4, -0.2) is 35.8 Å². The van der Waals surface area contributed by atoms with Gasteiger partial charge in [0, 0.05) is 18.0 Å². The lowest BCUT2D eigenvalue weighted by Crippen LogP contribution is -2.51. The van der Waals surface area contributed by atoms with Crippen LogP contribution in [0.5, 0.6) is 0 Å². The first kappa shape index (κ1) is 14.9. The molecule has 1 aliphatic rings. The minimum absolute atomic E-state index is 0.351. The van der Waals surface area contributed by atoms with Gasteiger partial charge >= 0.3 is 0 Å². The Kier molecular flexibility index (Phi) is 5.03. The van der Waals surface area contributed by atoms with Crippen LogP contribution < -0.4 is 10.6 Å². The smallest absolute Gasteiger partial charge is 0.235 e. The zero-order valence-electron chi connectivity index (χ0n) is 11.3. The van der Waals surface area contributed by atoms with Crippen LogP contribution in [0.15, 0.2) is 29.2 Å². The van der Waals surface area contributed by atoms with Crippen LogP contribution in [0.25, 0.3) is 0 Å². The Balaban J connectivity index is 1.92. The van der Waals surface area contributed by atoms with Gasteiger partial charge in [0.05, 0.1) is 6.10 Å². The molecule has 1 aliphatic heterocycles. The molecule has 0 aromatic heterocycles. The first-order valence-corrected chi connectivity index (χ1v) is 7.70. The summed E-state index contributed by atoms with van der Waals surface area (Å²) in [4.78, 5) is 24.7. The highest BCUT2D eigenvalue weighted by Gasteiger charge is 2.36. The maximum atomic E-state index is 12.0. The van der Waals surface area contributed by atoms with Crippen LogP contribution in [0.3, 0.4) is 0 Å². The van der Waals surface area contributed by atoms with Crippen molar-refractivity contribution in [3.8, 4) is 0 Å². The molecule has 0 saturated carbocycles. The largest absolute Gasteiger partial charge is 0.392 e. The van der Waals surface area contributed by atoms with Crippen LogP contribution in [-0.2, 0) is 16.1 Å². The normalized spacial score (nSPS) is 22.2. The number of amides is 2. The van der Waals surface area contributed by atoms with Crippen LogP contribution in [0.2, 0.25) is 0 Å². The van der Waals surface area contributed by atoms with Crippen molar-refractivity contribution in [3.63, 3.8) is 0 Å². The number of hydrogen-bond donors (Lipinski definition) is 3. The average Bonchev–Trinajstić information content (AvgIpc) is 2.45. The molecule has 0 spiro atoms. The van der Waals surface area contributed by atoms with E-state index in [0.717, 1.165) is 10.5 Å². The van der Waals surface area contributed by atoms with Gasteiger partial charge in [-0.1, -0.05) is 12.1 Å². The summed E-state index contributed by atoms with van der Waals surface area (Å²) in [6, 6.07) is 7.83. The lowest BCUT2D eigenvalue weighted by Gasteiger charge is -2.26. The fraction of sp³-hybridized carbons (Fsp3) is 0.429. The molecule has 6 heteroatoms. The van der Waals surface area contributed by atoms with Crippen LogP contribution in [0.4, 0.5) is 0 Å². The number of nitrogens with one attached hydrogen (secondary N) is 2. The maximum Gasteiger partial charge on any atom is 0.235 e. The van der Waals surface area contributed by atoms with E-state index in [4.69, 9.17) is 0 Å². The highest BCUT2D eigenvalue weighted by molar-refractivity contribution is 7.98. The van der Waals surface area contributed by atoms with Gasteiger partial charge in [-0.3, -0.25) is 9.59 Å². The van der Waals surface area contributed by atoms with E-state index in [1.54, 1.807) is 11.8 Å². The summed E-state index contributed by atoms with van der Waals surface area (Å²) in [5.41, 5.74) is 0.960. The standard InChI is InChI=1S/C14H18N2O3S/c1-20-10-4-2-9(3-5-10)8-16-14(19)12-11(17)6-7-15-13(12)18/h2-5,11-12,17H,6-8H2,1H3,(H,15,18)(H,16,19). The molecule has 20 heavy (non-hydrogen) atoms. The summed E-state index contributed by atoms with van der Waals surface area (Å²) in [6.45, 7) is 0.768. The number of benzene rings is 1. The van der Waals surface area contributed by atoms with Crippen molar-refractivity contribution in [2.75, 3.05) is 12.8 Å². The van der Waals surface area contributed by atoms with E-state index in [-0.39, 0.29) is 0 Å². The third-order valence-corrected chi connectivity index (χ3v) is 4.06. The highest BCUT2D eigenvalue weighted by Crippen LogP contribution is 2.16. The molecular formula is C14H18N2O3S. The van der Waals surface area contributed by atoms with Crippen molar-refractivity contribution < 1.29 is 14.7 Å². The molecule has 1 saturated heterocycles. The zero-order chi connectivity index (χ0) is 14.5. The van der Waals surface area contributed by atoms with Crippen molar-refractivity contribution in [3.05, 3.63) is 29.8 Å². The third-order valence-electron chi connectivity index (χ3n) is 3.31. The van der Waals surface area contributed by atoms with Crippen LogP contribution in [0.1, 0.15) is 12.0 Å². The van der Waals surface area contributed by atoms with Gasteiger partial charge in [0.1, 0.15) is 5.92 Å². The Hall–Kier alpha value is -1.53. The number of carbonyl (C=O) groups excluding carboxylic acids is 2. The van der Waals surface area contributed by atoms with E-state index >= 15 is 0 Å². The van der Waals surface area contributed by atoms with Gasteiger partial charge in [0.25, 0.3) is 0 Å². The van der Waals surface area contributed by atoms with Gasteiger partial charge < -0.3 is 15.7 Å². The number of rotatable bonds is 4. The summed E-state index contributed by atoms with van der Waals surface area (Å²) in [5.74, 6) is -1.84. The molecule has 0 bridgehead atoms. The van der Waals surface area contributed by atoms with Crippen molar-refractivity contribution in [2.45, 2.75) is 24.0 Å². The molecule has 1 fully saturated rings. The molecule has 0 aliphatic carbocycles. The van der Waals surface area contributed by atoms with Crippen LogP contribution >= 0.6 is 11.8 Å². The number of thioether (sulfide) groups is 1. The third kappa shape index (κ3) is 3.52. The maximum absolute atomic E-state index is 12.0. The second-order valence-electron chi connectivity index (χ2n) is 4.69. The number of carbonyl (C=O) groups is 2. The van der Waals surface area contributed by atoms with Gasteiger partial charge in [0.2, 0.25) is 11.8 Å². The lowest BCUT2D eigenvalue weighted by atomic mass is 9.94. The van der Waals surface area contributed by atoms with E-state index in [0.29, 0.717) is 19.5 Å². The van der Waals surface area contributed by atoms with Gasteiger partial charge in [-0.25, -0.2) is 0 Å². The SMILES string of the molecule is CSc1ccc(CNC(=O)C2C(=O)NCCC2O)cc1. The number of piperidine rings is 1. The van der Waals surface area contributed by atoms with Crippen molar-refractivity contribution in [2.24, 2.45) is 5.92 Å². The first-order valence-electron chi connectivity index (χ1n) is 6.48. The molecule has 2 rings (SSSR count). The van der Waals surface area contributed by atoms with Crippen molar-refractivity contribution >= 4 is 23.6 Å². The number of hydrogen-bond acceptors (Lipinski definition) is 4. The van der Waals surface area contributed by atoms with E-state index in [1.165, 1.54) is 0 Å². The Morgan fingerprint density at radius 1 is 1.45 bits per heavy atom. The predicted molar refractivity (Wildman–Crippen MR) is 77.2 cm³/mol. The predicted octanol–water partition coefficient (Wildman–Crippen LogP) is 0.522. The molecule has 2 amide bonds. The molecule has 5 nitrogen and oxygen atoms in total. The quantitative estimate of drug-likeness (QED) is 0.559. The van der Waals surface area contributed by atoms with Crippen LogP contribution in [0, 0.1) is 5.92 Å². The average molecular weight is 294 g/mol. The van der Waals surface area contributed by atoms with E-state index < -0.39 is 23.8 Å². The minimum Gasteiger partial charge on any atom is -0.392 e. The molecule has 1 aromatic rings. The highest BCUT2D eigenvalue weighted by atomic mass is 32.2. The summed E-state index contributed by atoms with van der Waals surface area (Å²) >= 11 is 1.65.